The Morgan fingerprint density at radius 2 is 1.82 bits per heavy atom. The Morgan fingerprint density at radius 1 is 1.06 bits per heavy atom. The second-order valence-electron chi connectivity index (χ2n) is 9.31. The van der Waals surface area contributed by atoms with E-state index >= 15 is 0 Å². The molecule has 0 radical (unpaired) electrons. The first kappa shape index (κ1) is 23.8. The van der Waals surface area contributed by atoms with Crippen molar-refractivity contribution >= 4 is 40.2 Å². The summed E-state index contributed by atoms with van der Waals surface area (Å²) in [6.45, 7) is 4.68. The van der Waals surface area contributed by atoms with Gasteiger partial charge < -0.3 is 15.0 Å². The zero-order valence-corrected chi connectivity index (χ0v) is 20.2. The highest BCUT2D eigenvalue weighted by molar-refractivity contribution is 6.35. The molecular weight excluding hydrogens is 438 g/mol. The number of fused-ring (bicyclic) bond motifs is 1. The molecule has 4 rings (SSSR count). The maximum absolute atomic E-state index is 13.0. The van der Waals surface area contributed by atoms with E-state index in [9.17, 15) is 9.59 Å². The number of esters is 1. The number of nitrogens with one attached hydrogen (secondary N) is 1. The lowest BCUT2D eigenvalue weighted by molar-refractivity contribution is -0.144. The van der Waals surface area contributed by atoms with Gasteiger partial charge in [0.05, 0.1) is 22.7 Å². The summed E-state index contributed by atoms with van der Waals surface area (Å²) in [7, 11) is 0. The molecule has 178 valence electrons. The van der Waals surface area contributed by atoms with Gasteiger partial charge in [-0.15, -0.1) is 0 Å². The van der Waals surface area contributed by atoms with Crippen molar-refractivity contribution in [1.82, 2.24) is 10.3 Å². The maximum Gasteiger partial charge on any atom is 0.306 e. The van der Waals surface area contributed by atoms with E-state index in [0.29, 0.717) is 42.0 Å². The number of rotatable bonds is 7. The van der Waals surface area contributed by atoms with E-state index in [0.717, 1.165) is 42.7 Å². The first-order chi connectivity index (χ1) is 16.0. The molecule has 1 amide bonds. The lowest BCUT2D eigenvalue weighted by atomic mass is 9.89. The van der Waals surface area contributed by atoms with E-state index in [4.69, 9.17) is 21.3 Å². The van der Waals surface area contributed by atoms with Crippen LogP contribution in [0.1, 0.15) is 68.6 Å². The van der Waals surface area contributed by atoms with E-state index in [-0.39, 0.29) is 11.9 Å². The van der Waals surface area contributed by atoms with Crippen LogP contribution in [-0.4, -0.2) is 43.1 Å². The summed E-state index contributed by atoms with van der Waals surface area (Å²) >= 11 is 6.45. The average Bonchev–Trinajstić information content (AvgIpc) is 2.83. The summed E-state index contributed by atoms with van der Waals surface area (Å²) in [4.78, 5) is 31.9. The van der Waals surface area contributed by atoms with Crippen LogP contribution in [0.4, 0.5) is 5.82 Å². The van der Waals surface area contributed by atoms with Gasteiger partial charge in [-0.05, 0) is 68.7 Å². The van der Waals surface area contributed by atoms with E-state index in [1.165, 1.54) is 32.1 Å². The van der Waals surface area contributed by atoms with Gasteiger partial charge in [0, 0.05) is 31.4 Å². The van der Waals surface area contributed by atoms with Crippen LogP contribution in [0.25, 0.3) is 10.9 Å². The number of ether oxygens (including phenoxy) is 1. The molecule has 1 saturated heterocycles. The van der Waals surface area contributed by atoms with Crippen molar-refractivity contribution in [2.75, 3.05) is 31.1 Å². The fraction of sp³-hybridized carbons (Fsp3) is 0.577. The molecule has 33 heavy (non-hydrogen) atoms. The number of halogens is 1. The number of aromatic nitrogens is 1. The largest absolute Gasteiger partial charge is 0.466 e. The molecule has 2 aromatic rings. The second-order valence-corrected chi connectivity index (χ2v) is 9.72. The topological polar surface area (TPSA) is 71.5 Å². The quantitative estimate of drug-likeness (QED) is 0.550. The van der Waals surface area contributed by atoms with Gasteiger partial charge in [0.1, 0.15) is 5.82 Å². The number of piperidine rings is 1. The monoisotopic (exact) mass is 471 g/mol. The van der Waals surface area contributed by atoms with Crippen molar-refractivity contribution in [2.45, 2.75) is 58.3 Å². The number of hydrogen-bond acceptors (Lipinski definition) is 5. The summed E-state index contributed by atoms with van der Waals surface area (Å²) in [5.41, 5.74) is 1.28. The molecule has 1 N–H and O–H groups in total. The third-order valence-electron chi connectivity index (χ3n) is 7.01. The van der Waals surface area contributed by atoms with Crippen molar-refractivity contribution in [3.8, 4) is 0 Å². The maximum atomic E-state index is 13.0. The van der Waals surface area contributed by atoms with Gasteiger partial charge in [0.25, 0.3) is 5.91 Å². The third-order valence-corrected chi connectivity index (χ3v) is 7.32. The number of benzene rings is 1. The Morgan fingerprint density at radius 3 is 2.55 bits per heavy atom. The third kappa shape index (κ3) is 5.97. The Kier molecular flexibility index (Phi) is 8.07. The van der Waals surface area contributed by atoms with E-state index in [2.05, 4.69) is 10.2 Å². The Labute approximate surface area is 201 Å². The van der Waals surface area contributed by atoms with Crippen LogP contribution in [-0.2, 0) is 9.53 Å². The average molecular weight is 472 g/mol. The van der Waals surface area contributed by atoms with Crippen LogP contribution in [0.5, 0.6) is 0 Å². The van der Waals surface area contributed by atoms with Gasteiger partial charge in [-0.25, -0.2) is 4.98 Å². The van der Waals surface area contributed by atoms with Gasteiger partial charge in [0.15, 0.2) is 0 Å². The molecule has 7 heteroatoms. The molecule has 0 atom stereocenters. The highest BCUT2D eigenvalue weighted by atomic mass is 35.5. The normalized spacial score (nSPS) is 17.8. The van der Waals surface area contributed by atoms with E-state index < -0.39 is 0 Å². The fourth-order valence-electron chi connectivity index (χ4n) is 5.11. The minimum absolute atomic E-state index is 0.106. The first-order valence-electron chi connectivity index (χ1n) is 12.3. The summed E-state index contributed by atoms with van der Waals surface area (Å²) in [5.74, 6) is 1.59. The highest BCUT2D eigenvalue weighted by Crippen LogP contribution is 2.30. The molecule has 1 aliphatic heterocycles. The predicted octanol–water partition coefficient (Wildman–Crippen LogP) is 5.37. The number of anilines is 1. The predicted molar refractivity (Wildman–Crippen MR) is 132 cm³/mol. The molecule has 0 unspecified atom stereocenters. The molecule has 1 aromatic heterocycles. The zero-order chi connectivity index (χ0) is 23.2. The zero-order valence-electron chi connectivity index (χ0n) is 19.4. The SMILES string of the molecule is CCOC(=O)CC1CCN(c2ccc3c(C(=O)NCC4CCCCC4)c(Cl)ccc3n2)CC1. The Hall–Kier alpha value is -2.34. The molecule has 1 saturated carbocycles. The van der Waals surface area contributed by atoms with Crippen LogP contribution < -0.4 is 10.2 Å². The molecule has 1 aliphatic carbocycles. The molecule has 6 nitrogen and oxygen atoms in total. The van der Waals surface area contributed by atoms with Crippen molar-refractivity contribution in [3.63, 3.8) is 0 Å². The molecular formula is C26H34ClN3O3. The minimum atomic E-state index is -0.120. The molecule has 2 fully saturated rings. The number of pyridine rings is 1. The lowest BCUT2D eigenvalue weighted by Gasteiger charge is -2.32. The van der Waals surface area contributed by atoms with Gasteiger partial charge >= 0.3 is 5.97 Å². The fourth-order valence-corrected chi connectivity index (χ4v) is 5.36. The van der Waals surface area contributed by atoms with Crippen LogP contribution in [0.2, 0.25) is 5.02 Å². The number of carbonyl (C=O) groups excluding carboxylic acids is 2. The van der Waals surface area contributed by atoms with E-state index in [1.54, 1.807) is 6.07 Å². The highest BCUT2D eigenvalue weighted by Gasteiger charge is 2.24. The summed E-state index contributed by atoms with van der Waals surface area (Å²) in [5, 5.41) is 4.35. The van der Waals surface area contributed by atoms with Crippen molar-refractivity contribution < 1.29 is 14.3 Å². The number of carbonyl (C=O) groups is 2. The smallest absolute Gasteiger partial charge is 0.306 e. The van der Waals surface area contributed by atoms with Crippen molar-refractivity contribution in [1.29, 1.82) is 0 Å². The van der Waals surface area contributed by atoms with Crippen molar-refractivity contribution in [3.05, 3.63) is 34.9 Å². The Bertz CT molecular complexity index is 982. The molecule has 2 heterocycles. The van der Waals surface area contributed by atoms with Crippen LogP contribution in [0.3, 0.4) is 0 Å². The number of nitrogens with zero attached hydrogens (tertiary/aromatic N) is 2. The molecule has 2 aliphatic rings. The van der Waals surface area contributed by atoms with Gasteiger partial charge in [0.2, 0.25) is 0 Å². The van der Waals surface area contributed by atoms with Crippen LogP contribution in [0, 0.1) is 11.8 Å². The summed E-state index contributed by atoms with van der Waals surface area (Å²) < 4.78 is 5.09. The van der Waals surface area contributed by atoms with Gasteiger partial charge in [-0.2, -0.15) is 0 Å². The van der Waals surface area contributed by atoms with Gasteiger partial charge in [-0.3, -0.25) is 9.59 Å². The van der Waals surface area contributed by atoms with Crippen LogP contribution >= 0.6 is 11.6 Å². The standard InChI is InChI=1S/C26H34ClN3O3/c1-2-33-24(31)16-18-12-14-30(15-13-18)23-11-8-20-22(29-23)10-9-21(27)25(20)26(32)28-17-19-6-4-3-5-7-19/h8-11,18-19H,2-7,12-17H2,1H3,(H,28,32). The van der Waals surface area contributed by atoms with Gasteiger partial charge in [-0.1, -0.05) is 30.9 Å². The summed E-state index contributed by atoms with van der Waals surface area (Å²) in [6.07, 6.45) is 8.55. The number of amides is 1. The molecule has 1 aromatic carbocycles. The summed E-state index contributed by atoms with van der Waals surface area (Å²) in [6, 6.07) is 7.58. The number of hydrogen-bond donors (Lipinski definition) is 1. The minimum Gasteiger partial charge on any atom is -0.466 e. The lowest BCUT2D eigenvalue weighted by Crippen LogP contribution is -2.35. The van der Waals surface area contributed by atoms with Crippen molar-refractivity contribution in [2.24, 2.45) is 11.8 Å². The molecule has 0 bridgehead atoms. The van der Waals surface area contributed by atoms with E-state index in [1.807, 2.05) is 25.1 Å². The first-order valence-corrected chi connectivity index (χ1v) is 12.7. The second kappa shape index (κ2) is 11.2. The molecule has 0 spiro atoms. The Balaban J connectivity index is 1.42. The van der Waals surface area contributed by atoms with Crippen LogP contribution in [0.15, 0.2) is 24.3 Å².